The molecule has 1 aromatic rings. The summed E-state index contributed by atoms with van der Waals surface area (Å²) in [5.74, 6) is 0. The maximum Gasteiger partial charge on any atom is 0.495 e. The Bertz CT molecular complexity index is 287. The minimum Gasteiger partial charge on any atom is -0.410 e. The molecule has 0 radical (unpaired) electrons. The lowest BCUT2D eigenvalue weighted by Gasteiger charge is -2.11. The highest BCUT2D eigenvalue weighted by Gasteiger charge is 2.20. The highest BCUT2D eigenvalue weighted by atomic mass is 16.6. The van der Waals surface area contributed by atoms with Gasteiger partial charge in [0.05, 0.1) is 0 Å². The van der Waals surface area contributed by atoms with Gasteiger partial charge in [0.1, 0.15) is 0 Å². The average molecular weight is 179 g/mol. The van der Waals surface area contributed by atoms with Gasteiger partial charge in [-0.25, -0.2) is 0 Å². The van der Waals surface area contributed by atoms with E-state index in [0.717, 1.165) is 11.0 Å². The SMILES string of the molecule is COB(OC)c1cc(C)ccc1N. The maximum absolute atomic E-state index is 5.78. The fourth-order valence-corrected chi connectivity index (χ4v) is 1.25. The van der Waals surface area contributed by atoms with Gasteiger partial charge in [0.15, 0.2) is 0 Å². The van der Waals surface area contributed by atoms with Gasteiger partial charge in [-0.05, 0) is 13.0 Å². The number of rotatable bonds is 3. The number of hydrogen-bond acceptors (Lipinski definition) is 3. The minimum atomic E-state index is -0.375. The van der Waals surface area contributed by atoms with Crippen LogP contribution in [-0.2, 0) is 9.31 Å². The Hall–Kier alpha value is -0.995. The zero-order chi connectivity index (χ0) is 9.84. The van der Waals surface area contributed by atoms with Crippen molar-refractivity contribution < 1.29 is 9.31 Å². The summed E-state index contributed by atoms with van der Waals surface area (Å²) in [5, 5.41) is 0. The van der Waals surface area contributed by atoms with E-state index in [-0.39, 0.29) is 7.12 Å². The molecule has 0 saturated heterocycles. The maximum atomic E-state index is 5.78. The first kappa shape index (κ1) is 10.1. The van der Waals surface area contributed by atoms with Gasteiger partial charge in [0, 0.05) is 25.4 Å². The summed E-state index contributed by atoms with van der Waals surface area (Å²) in [4.78, 5) is 0. The van der Waals surface area contributed by atoms with Crippen molar-refractivity contribution in [3.05, 3.63) is 23.8 Å². The van der Waals surface area contributed by atoms with Crippen LogP contribution >= 0.6 is 0 Å². The van der Waals surface area contributed by atoms with Crippen molar-refractivity contribution in [2.75, 3.05) is 20.0 Å². The summed E-state index contributed by atoms with van der Waals surface area (Å²) in [5.41, 5.74) is 8.50. The Labute approximate surface area is 79.0 Å². The van der Waals surface area contributed by atoms with Crippen LogP contribution in [0.1, 0.15) is 5.56 Å². The fraction of sp³-hybridized carbons (Fsp3) is 0.333. The number of nitrogen functional groups attached to an aromatic ring is 1. The Morgan fingerprint density at radius 1 is 1.23 bits per heavy atom. The van der Waals surface area contributed by atoms with Crippen LogP contribution in [0.15, 0.2) is 18.2 Å². The predicted octanol–water partition coefficient (Wildman–Crippen LogP) is 0.565. The van der Waals surface area contributed by atoms with E-state index < -0.39 is 0 Å². The van der Waals surface area contributed by atoms with Crippen LogP contribution in [0.5, 0.6) is 0 Å². The Morgan fingerprint density at radius 2 is 1.85 bits per heavy atom. The molecule has 0 amide bonds. The molecule has 3 nitrogen and oxygen atoms in total. The molecule has 0 aliphatic rings. The van der Waals surface area contributed by atoms with E-state index in [1.54, 1.807) is 14.2 Å². The molecule has 0 aromatic heterocycles. The zero-order valence-electron chi connectivity index (χ0n) is 8.20. The highest BCUT2D eigenvalue weighted by molar-refractivity contribution is 6.63. The summed E-state index contributed by atoms with van der Waals surface area (Å²) >= 11 is 0. The summed E-state index contributed by atoms with van der Waals surface area (Å²) in [6, 6.07) is 5.78. The van der Waals surface area contributed by atoms with E-state index in [4.69, 9.17) is 15.0 Å². The normalized spacial score (nSPS) is 10.1. The fourth-order valence-electron chi connectivity index (χ4n) is 1.25. The van der Waals surface area contributed by atoms with Crippen molar-refractivity contribution >= 4 is 18.3 Å². The second-order valence-corrected chi connectivity index (χ2v) is 2.94. The smallest absolute Gasteiger partial charge is 0.410 e. The molecule has 0 unspecified atom stereocenters. The molecule has 4 heteroatoms. The van der Waals surface area contributed by atoms with Crippen molar-refractivity contribution in [1.82, 2.24) is 0 Å². The largest absolute Gasteiger partial charge is 0.495 e. The molecule has 0 aliphatic heterocycles. The molecular formula is C9H14BNO2. The van der Waals surface area contributed by atoms with Crippen molar-refractivity contribution in [2.24, 2.45) is 0 Å². The molecule has 0 fully saturated rings. The van der Waals surface area contributed by atoms with Gasteiger partial charge in [0.2, 0.25) is 0 Å². The van der Waals surface area contributed by atoms with Crippen LogP contribution in [0.3, 0.4) is 0 Å². The van der Waals surface area contributed by atoms with Crippen LogP contribution in [0.4, 0.5) is 5.69 Å². The monoisotopic (exact) mass is 179 g/mol. The Kier molecular flexibility index (Phi) is 3.34. The van der Waals surface area contributed by atoms with E-state index in [0.29, 0.717) is 5.69 Å². The van der Waals surface area contributed by atoms with Gasteiger partial charge in [0.25, 0.3) is 0 Å². The molecule has 0 atom stereocenters. The first-order chi connectivity index (χ1) is 6.19. The third-order valence-corrected chi connectivity index (χ3v) is 1.92. The molecule has 0 spiro atoms. The summed E-state index contributed by atoms with van der Waals surface area (Å²) < 4.78 is 10.2. The van der Waals surface area contributed by atoms with Crippen LogP contribution in [-0.4, -0.2) is 21.3 Å². The second kappa shape index (κ2) is 4.30. The minimum absolute atomic E-state index is 0.375. The number of anilines is 1. The van der Waals surface area contributed by atoms with Crippen molar-refractivity contribution in [1.29, 1.82) is 0 Å². The number of aryl methyl sites for hydroxylation is 1. The van der Waals surface area contributed by atoms with Crippen LogP contribution in [0.25, 0.3) is 0 Å². The van der Waals surface area contributed by atoms with Crippen LogP contribution < -0.4 is 11.2 Å². The molecule has 0 saturated carbocycles. The molecule has 0 heterocycles. The van der Waals surface area contributed by atoms with Crippen molar-refractivity contribution in [3.63, 3.8) is 0 Å². The topological polar surface area (TPSA) is 44.5 Å². The number of nitrogens with two attached hydrogens (primary N) is 1. The molecule has 70 valence electrons. The molecule has 13 heavy (non-hydrogen) atoms. The number of hydrogen-bond donors (Lipinski definition) is 1. The van der Waals surface area contributed by atoms with E-state index in [2.05, 4.69) is 0 Å². The van der Waals surface area contributed by atoms with E-state index in [9.17, 15) is 0 Å². The van der Waals surface area contributed by atoms with E-state index in [1.807, 2.05) is 25.1 Å². The quantitative estimate of drug-likeness (QED) is 0.544. The molecule has 1 rings (SSSR count). The zero-order valence-corrected chi connectivity index (χ0v) is 8.20. The third kappa shape index (κ3) is 2.23. The summed E-state index contributed by atoms with van der Waals surface area (Å²) in [6.07, 6.45) is 0. The second-order valence-electron chi connectivity index (χ2n) is 2.94. The molecule has 2 N–H and O–H groups in total. The Morgan fingerprint density at radius 3 is 2.38 bits per heavy atom. The lowest BCUT2D eigenvalue weighted by atomic mass is 9.77. The highest BCUT2D eigenvalue weighted by Crippen LogP contribution is 2.04. The lowest BCUT2D eigenvalue weighted by molar-refractivity contribution is 0.292. The molecule has 0 aliphatic carbocycles. The number of benzene rings is 1. The first-order valence-electron chi connectivity index (χ1n) is 4.10. The van der Waals surface area contributed by atoms with Gasteiger partial charge in [-0.15, -0.1) is 0 Å². The summed E-state index contributed by atoms with van der Waals surface area (Å²) in [7, 11) is 2.81. The van der Waals surface area contributed by atoms with Gasteiger partial charge in [-0.3, -0.25) is 0 Å². The summed E-state index contributed by atoms with van der Waals surface area (Å²) in [6.45, 7) is 2.01. The molecular weight excluding hydrogens is 165 g/mol. The van der Waals surface area contributed by atoms with Crippen molar-refractivity contribution in [2.45, 2.75) is 6.92 Å². The molecule has 0 bridgehead atoms. The van der Waals surface area contributed by atoms with Crippen LogP contribution in [0, 0.1) is 6.92 Å². The molecule has 1 aromatic carbocycles. The van der Waals surface area contributed by atoms with Gasteiger partial charge in [-0.2, -0.15) is 0 Å². The standard InChI is InChI=1S/C9H14BNO2/c1-7-4-5-9(11)8(6-7)10(12-2)13-3/h4-6H,11H2,1-3H3. The lowest BCUT2D eigenvalue weighted by Crippen LogP contribution is -2.36. The van der Waals surface area contributed by atoms with E-state index in [1.165, 1.54) is 0 Å². The van der Waals surface area contributed by atoms with Crippen molar-refractivity contribution in [3.8, 4) is 0 Å². The Balaban J connectivity index is 3.03. The van der Waals surface area contributed by atoms with E-state index >= 15 is 0 Å². The average Bonchev–Trinajstić information content (AvgIpc) is 2.13. The van der Waals surface area contributed by atoms with Gasteiger partial charge < -0.3 is 15.0 Å². The van der Waals surface area contributed by atoms with Gasteiger partial charge in [-0.1, -0.05) is 17.7 Å². The van der Waals surface area contributed by atoms with Crippen LogP contribution in [0.2, 0.25) is 0 Å². The predicted molar refractivity (Wildman–Crippen MR) is 55.0 cm³/mol. The third-order valence-electron chi connectivity index (χ3n) is 1.92. The first-order valence-corrected chi connectivity index (χ1v) is 4.10. The van der Waals surface area contributed by atoms with Gasteiger partial charge >= 0.3 is 7.12 Å².